The van der Waals surface area contributed by atoms with Crippen LogP contribution in [0.4, 0.5) is 17.1 Å². The van der Waals surface area contributed by atoms with E-state index in [9.17, 15) is 19.2 Å². The van der Waals surface area contributed by atoms with E-state index in [1.165, 1.54) is 48.4 Å². The molecule has 0 radical (unpaired) electrons. The van der Waals surface area contributed by atoms with E-state index in [0.717, 1.165) is 25.7 Å². The summed E-state index contributed by atoms with van der Waals surface area (Å²) in [4.78, 5) is 51.4. The fourth-order valence-corrected chi connectivity index (χ4v) is 4.22. The molecular formula is C27H33N3O5. The largest absolute Gasteiger partial charge is 0.478 e. The zero-order valence-electron chi connectivity index (χ0n) is 20.1. The lowest BCUT2D eigenvalue weighted by Crippen LogP contribution is -2.52. The highest BCUT2D eigenvalue weighted by Gasteiger charge is 2.37. The molecule has 186 valence electrons. The van der Waals surface area contributed by atoms with Gasteiger partial charge in [-0.05, 0) is 42.8 Å². The SMILES string of the molecule is CCCCCCCCCC(=O)N1c2ccccc2NC(=O)[C@@H]1CC(=O)Nc1ccc(C(=O)O)cc1. The van der Waals surface area contributed by atoms with Crippen molar-refractivity contribution in [1.82, 2.24) is 0 Å². The molecule has 2 aromatic carbocycles. The number of nitrogens with zero attached hydrogens (tertiary/aromatic N) is 1. The Labute approximate surface area is 205 Å². The van der Waals surface area contributed by atoms with Crippen molar-refractivity contribution in [2.24, 2.45) is 0 Å². The lowest BCUT2D eigenvalue weighted by atomic mass is 10.0. The maximum Gasteiger partial charge on any atom is 0.335 e. The molecule has 0 aromatic heterocycles. The van der Waals surface area contributed by atoms with Crippen LogP contribution >= 0.6 is 0 Å². The van der Waals surface area contributed by atoms with Crippen LogP contribution in [0.15, 0.2) is 48.5 Å². The first kappa shape index (κ1) is 25.9. The monoisotopic (exact) mass is 479 g/mol. The molecule has 0 saturated carbocycles. The molecule has 3 rings (SSSR count). The van der Waals surface area contributed by atoms with Gasteiger partial charge in [-0.15, -0.1) is 0 Å². The van der Waals surface area contributed by atoms with Gasteiger partial charge in [0.2, 0.25) is 17.7 Å². The van der Waals surface area contributed by atoms with E-state index in [0.29, 0.717) is 23.5 Å². The van der Waals surface area contributed by atoms with Crippen LogP contribution in [0.5, 0.6) is 0 Å². The summed E-state index contributed by atoms with van der Waals surface area (Å²) >= 11 is 0. The maximum absolute atomic E-state index is 13.3. The summed E-state index contributed by atoms with van der Waals surface area (Å²) < 4.78 is 0. The maximum atomic E-state index is 13.3. The number of nitrogens with one attached hydrogen (secondary N) is 2. The quantitative estimate of drug-likeness (QED) is 0.362. The number of aromatic carboxylic acids is 1. The van der Waals surface area contributed by atoms with Crippen LogP contribution < -0.4 is 15.5 Å². The van der Waals surface area contributed by atoms with E-state index in [1.807, 2.05) is 0 Å². The summed E-state index contributed by atoms with van der Waals surface area (Å²) in [5, 5.41) is 14.5. The fourth-order valence-electron chi connectivity index (χ4n) is 4.22. The fraction of sp³-hybridized carbons (Fsp3) is 0.407. The number of fused-ring (bicyclic) bond motifs is 1. The number of carboxylic acid groups (broad SMARTS) is 1. The zero-order chi connectivity index (χ0) is 25.2. The van der Waals surface area contributed by atoms with Gasteiger partial charge in [0.05, 0.1) is 23.4 Å². The van der Waals surface area contributed by atoms with E-state index in [2.05, 4.69) is 17.6 Å². The minimum atomic E-state index is -1.06. The molecule has 8 heteroatoms. The average Bonchev–Trinajstić information content (AvgIpc) is 2.84. The van der Waals surface area contributed by atoms with Crippen LogP contribution in [-0.4, -0.2) is 34.8 Å². The van der Waals surface area contributed by atoms with Gasteiger partial charge in [0.15, 0.2) is 0 Å². The standard InChI is InChI=1S/C27H33N3O5/c1-2-3-4-5-6-7-8-13-25(32)30-22-12-10-9-11-21(22)29-26(33)23(30)18-24(31)28-20-16-14-19(15-17-20)27(34)35/h9-12,14-17,23H,2-8,13,18H2,1H3,(H,28,31)(H,29,33)(H,34,35)/t23-/m0/s1. The highest BCUT2D eigenvalue weighted by Crippen LogP contribution is 2.33. The van der Waals surface area contributed by atoms with Gasteiger partial charge >= 0.3 is 5.97 Å². The Bertz CT molecular complexity index is 1050. The van der Waals surface area contributed by atoms with Gasteiger partial charge in [0.1, 0.15) is 6.04 Å². The van der Waals surface area contributed by atoms with Gasteiger partial charge < -0.3 is 15.7 Å². The normalized spacial score (nSPS) is 14.7. The Morgan fingerprint density at radius 3 is 2.29 bits per heavy atom. The van der Waals surface area contributed by atoms with Crippen LogP contribution in [-0.2, 0) is 14.4 Å². The Morgan fingerprint density at radius 2 is 1.60 bits per heavy atom. The average molecular weight is 480 g/mol. The van der Waals surface area contributed by atoms with Crippen molar-refractivity contribution in [3.8, 4) is 0 Å². The van der Waals surface area contributed by atoms with Gasteiger partial charge in [-0.25, -0.2) is 4.79 Å². The number of rotatable bonds is 12. The lowest BCUT2D eigenvalue weighted by Gasteiger charge is -2.36. The minimum Gasteiger partial charge on any atom is -0.478 e. The third-order valence-electron chi connectivity index (χ3n) is 6.09. The topological polar surface area (TPSA) is 116 Å². The number of amides is 3. The van der Waals surface area contributed by atoms with Crippen LogP contribution in [0, 0.1) is 0 Å². The molecule has 3 N–H and O–H groups in total. The van der Waals surface area contributed by atoms with Gasteiger partial charge in [-0.1, -0.05) is 57.6 Å². The molecule has 1 atom stereocenters. The molecule has 0 spiro atoms. The van der Waals surface area contributed by atoms with Crippen LogP contribution in [0.25, 0.3) is 0 Å². The van der Waals surface area contributed by atoms with E-state index in [4.69, 9.17) is 5.11 Å². The summed E-state index contributed by atoms with van der Waals surface area (Å²) in [5.41, 5.74) is 1.65. The molecule has 0 fully saturated rings. The van der Waals surface area contributed by atoms with Gasteiger partial charge in [-0.3, -0.25) is 19.3 Å². The second-order valence-corrected chi connectivity index (χ2v) is 8.79. The molecule has 1 aliphatic heterocycles. The van der Waals surface area contributed by atoms with Gasteiger partial charge in [0, 0.05) is 12.1 Å². The Balaban J connectivity index is 1.67. The number of benzene rings is 2. The van der Waals surface area contributed by atoms with Crippen molar-refractivity contribution in [2.75, 3.05) is 15.5 Å². The summed E-state index contributed by atoms with van der Waals surface area (Å²) in [7, 11) is 0. The summed E-state index contributed by atoms with van der Waals surface area (Å²) in [6.07, 6.45) is 7.65. The molecule has 0 saturated heterocycles. The van der Waals surface area contributed by atoms with Crippen molar-refractivity contribution in [3.05, 3.63) is 54.1 Å². The highest BCUT2D eigenvalue weighted by molar-refractivity contribution is 6.13. The number of carbonyl (C=O) groups excluding carboxylic acids is 3. The number of unbranched alkanes of at least 4 members (excludes halogenated alkanes) is 6. The van der Waals surface area contributed by atoms with Gasteiger partial charge in [0.25, 0.3) is 0 Å². The number of carboxylic acids is 1. The van der Waals surface area contributed by atoms with Crippen molar-refractivity contribution >= 4 is 40.8 Å². The molecular weight excluding hydrogens is 446 g/mol. The van der Waals surface area contributed by atoms with Crippen molar-refractivity contribution in [1.29, 1.82) is 0 Å². The number of para-hydroxylation sites is 2. The number of carbonyl (C=O) groups is 4. The first-order valence-electron chi connectivity index (χ1n) is 12.3. The van der Waals surface area contributed by atoms with Crippen molar-refractivity contribution < 1.29 is 24.3 Å². The molecule has 1 heterocycles. The van der Waals surface area contributed by atoms with E-state index < -0.39 is 23.8 Å². The number of hydrogen-bond donors (Lipinski definition) is 3. The molecule has 0 aliphatic carbocycles. The second-order valence-electron chi connectivity index (χ2n) is 8.79. The molecule has 35 heavy (non-hydrogen) atoms. The number of hydrogen-bond acceptors (Lipinski definition) is 4. The third kappa shape index (κ3) is 7.15. The molecule has 0 unspecified atom stereocenters. The van der Waals surface area contributed by atoms with E-state index in [-0.39, 0.29) is 17.9 Å². The molecule has 3 amide bonds. The third-order valence-corrected chi connectivity index (χ3v) is 6.09. The predicted molar refractivity (Wildman–Crippen MR) is 136 cm³/mol. The van der Waals surface area contributed by atoms with Crippen molar-refractivity contribution in [3.63, 3.8) is 0 Å². The van der Waals surface area contributed by atoms with Crippen LogP contribution in [0.2, 0.25) is 0 Å². The Hall–Kier alpha value is -3.68. The Morgan fingerprint density at radius 1 is 0.943 bits per heavy atom. The van der Waals surface area contributed by atoms with Gasteiger partial charge in [-0.2, -0.15) is 0 Å². The van der Waals surface area contributed by atoms with Crippen LogP contribution in [0.3, 0.4) is 0 Å². The van der Waals surface area contributed by atoms with Crippen molar-refractivity contribution in [2.45, 2.75) is 70.8 Å². The lowest BCUT2D eigenvalue weighted by molar-refractivity contribution is -0.126. The van der Waals surface area contributed by atoms with Crippen LogP contribution in [0.1, 0.15) is 75.1 Å². The summed E-state index contributed by atoms with van der Waals surface area (Å²) in [6.45, 7) is 2.18. The smallest absolute Gasteiger partial charge is 0.335 e. The molecule has 1 aliphatic rings. The first-order valence-corrected chi connectivity index (χ1v) is 12.3. The van der Waals surface area contributed by atoms with E-state index >= 15 is 0 Å². The summed E-state index contributed by atoms with van der Waals surface area (Å²) in [5.74, 6) is -2.09. The zero-order valence-corrected chi connectivity index (χ0v) is 20.1. The highest BCUT2D eigenvalue weighted by atomic mass is 16.4. The predicted octanol–water partition coefficient (Wildman–Crippen LogP) is 5.21. The molecule has 8 nitrogen and oxygen atoms in total. The number of anilines is 3. The van der Waals surface area contributed by atoms with E-state index in [1.54, 1.807) is 24.3 Å². The molecule has 0 bridgehead atoms. The second kappa shape index (κ2) is 12.7. The summed E-state index contributed by atoms with van der Waals surface area (Å²) in [6, 6.07) is 11.9. The molecule has 2 aromatic rings. The Kier molecular flexibility index (Phi) is 9.40. The first-order chi connectivity index (χ1) is 16.9. The minimum absolute atomic E-state index is 0.105.